The summed E-state index contributed by atoms with van der Waals surface area (Å²) in [5, 5.41) is 3.47. The summed E-state index contributed by atoms with van der Waals surface area (Å²) in [4.78, 5) is 0. The maximum Gasteiger partial charge on any atom is 0.0434 e. The maximum atomic E-state index is 12.0. The molecule has 0 aliphatic carbocycles. The Labute approximate surface area is 130 Å². The van der Waals surface area contributed by atoms with Crippen LogP contribution < -0.4 is 5.32 Å². The van der Waals surface area contributed by atoms with Gasteiger partial charge in [-0.25, -0.2) is 0 Å². The average Bonchev–Trinajstić information content (AvgIpc) is 2.53. The fourth-order valence-electron chi connectivity index (χ4n) is 2.24. The molecule has 0 amide bonds. The van der Waals surface area contributed by atoms with Crippen LogP contribution in [-0.2, 0) is 10.8 Å². The average molecular weight is 301 g/mol. The zero-order chi connectivity index (χ0) is 15.2. The van der Waals surface area contributed by atoms with Crippen LogP contribution in [0.4, 0.5) is 0 Å². The zero-order valence-electron chi connectivity index (χ0n) is 12.9. The second-order valence-corrected chi connectivity index (χ2v) is 7.46. The van der Waals surface area contributed by atoms with Gasteiger partial charge in [0.05, 0.1) is 0 Å². The van der Waals surface area contributed by atoms with Crippen molar-refractivity contribution in [2.24, 2.45) is 0 Å². The molecule has 1 N–H and O–H groups in total. The molecule has 0 saturated carbocycles. The van der Waals surface area contributed by atoms with Crippen molar-refractivity contribution < 1.29 is 4.21 Å². The summed E-state index contributed by atoms with van der Waals surface area (Å²) in [5.74, 6) is 0.652. The molecule has 2 aromatic rings. The third kappa shape index (κ3) is 4.26. The van der Waals surface area contributed by atoms with Crippen molar-refractivity contribution in [3.63, 3.8) is 0 Å². The molecule has 2 unspecified atom stereocenters. The molecule has 2 atom stereocenters. The summed E-state index contributed by atoms with van der Waals surface area (Å²) in [6.07, 6.45) is 0. The highest BCUT2D eigenvalue weighted by Gasteiger charge is 2.15. The molecule has 0 spiro atoms. The molecule has 0 aliphatic heterocycles. The van der Waals surface area contributed by atoms with Crippen LogP contribution in [0, 0.1) is 0 Å². The molecule has 0 bridgehead atoms. The highest BCUT2D eigenvalue weighted by Crippen LogP contribution is 2.22. The van der Waals surface area contributed by atoms with E-state index in [1.54, 1.807) is 0 Å². The minimum Gasteiger partial charge on any atom is -0.312 e. The Balaban J connectivity index is 2.15. The molecule has 2 aromatic carbocycles. The predicted octanol–water partition coefficient (Wildman–Crippen LogP) is 3.77. The van der Waals surface area contributed by atoms with Crippen LogP contribution in [0.25, 0.3) is 11.1 Å². The van der Waals surface area contributed by atoms with E-state index in [0.29, 0.717) is 5.75 Å². The summed E-state index contributed by atoms with van der Waals surface area (Å²) in [5.41, 5.74) is 3.61. The number of hydrogen-bond acceptors (Lipinski definition) is 2. The lowest BCUT2D eigenvalue weighted by Crippen LogP contribution is -2.25. The van der Waals surface area contributed by atoms with Gasteiger partial charge in [0.25, 0.3) is 0 Å². The fourth-order valence-corrected chi connectivity index (χ4v) is 3.31. The van der Waals surface area contributed by atoms with E-state index in [1.165, 1.54) is 16.7 Å². The van der Waals surface area contributed by atoms with Crippen molar-refractivity contribution in [1.29, 1.82) is 0 Å². The van der Waals surface area contributed by atoms with E-state index >= 15 is 0 Å². The van der Waals surface area contributed by atoms with Crippen molar-refractivity contribution in [2.75, 3.05) is 12.8 Å². The van der Waals surface area contributed by atoms with Crippen molar-refractivity contribution in [1.82, 2.24) is 5.32 Å². The van der Waals surface area contributed by atoms with Gasteiger partial charge in [-0.05, 0) is 23.7 Å². The highest BCUT2D eigenvalue weighted by molar-refractivity contribution is 7.85. The number of benzene rings is 2. The minimum absolute atomic E-state index is 0.137. The summed E-state index contributed by atoms with van der Waals surface area (Å²) in [7, 11) is 1.12. The number of rotatable bonds is 6. The Morgan fingerprint density at radius 3 is 2.05 bits per heavy atom. The fraction of sp³-hybridized carbons (Fsp3) is 0.333. The first-order valence-electron chi connectivity index (χ1n) is 7.31. The van der Waals surface area contributed by atoms with E-state index in [0.717, 1.165) is 0 Å². The molecule has 0 radical (unpaired) electrons. The Morgan fingerprint density at radius 1 is 0.952 bits per heavy atom. The van der Waals surface area contributed by atoms with Gasteiger partial charge in [0.15, 0.2) is 0 Å². The smallest absolute Gasteiger partial charge is 0.0434 e. The van der Waals surface area contributed by atoms with Crippen LogP contribution in [0.1, 0.15) is 25.5 Å². The monoisotopic (exact) mass is 301 g/mol. The van der Waals surface area contributed by atoms with Crippen LogP contribution in [-0.4, -0.2) is 22.3 Å². The molecule has 112 valence electrons. The first-order valence-corrected chi connectivity index (χ1v) is 8.70. The third-order valence-corrected chi connectivity index (χ3v) is 5.34. The van der Waals surface area contributed by atoms with Gasteiger partial charge in [-0.1, -0.05) is 68.4 Å². The summed E-state index contributed by atoms with van der Waals surface area (Å²) < 4.78 is 12.0. The standard InChI is InChI=1S/C18H23NOS/c1-14(2)21(20)13-18(19-3)17-11-9-16(10-12-17)15-7-5-4-6-8-15/h4-12,14,18-19H,13H2,1-3H3. The van der Waals surface area contributed by atoms with Crippen LogP contribution >= 0.6 is 0 Å². The zero-order valence-corrected chi connectivity index (χ0v) is 13.7. The third-order valence-electron chi connectivity index (χ3n) is 3.63. The van der Waals surface area contributed by atoms with Crippen LogP contribution in [0.2, 0.25) is 0 Å². The molecular weight excluding hydrogens is 278 g/mol. The Hall–Kier alpha value is -1.45. The summed E-state index contributed by atoms with van der Waals surface area (Å²) in [6, 6.07) is 19.0. The number of nitrogens with one attached hydrogen (secondary N) is 1. The molecule has 21 heavy (non-hydrogen) atoms. The second kappa shape index (κ2) is 7.53. The van der Waals surface area contributed by atoms with Crippen molar-refractivity contribution >= 4 is 10.8 Å². The van der Waals surface area contributed by atoms with E-state index in [4.69, 9.17) is 0 Å². The number of hydrogen-bond donors (Lipinski definition) is 1. The Morgan fingerprint density at radius 2 is 1.52 bits per heavy atom. The lowest BCUT2D eigenvalue weighted by molar-refractivity contribution is 0.631. The normalized spacial score (nSPS) is 14.1. The molecule has 0 heterocycles. The van der Waals surface area contributed by atoms with Gasteiger partial charge >= 0.3 is 0 Å². The van der Waals surface area contributed by atoms with Gasteiger partial charge in [-0.3, -0.25) is 4.21 Å². The molecule has 2 nitrogen and oxygen atoms in total. The first kappa shape index (κ1) is 15.9. The van der Waals surface area contributed by atoms with Gasteiger partial charge in [0.2, 0.25) is 0 Å². The van der Waals surface area contributed by atoms with Crippen LogP contribution in [0.5, 0.6) is 0 Å². The SMILES string of the molecule is CNC(CS(=O)C(C)C)c1ccc(-c2ccccc2)cc1. The van der Waals surface area contributed by atoms with Gasteiger partial charge in [-0.2, -0.15) is 0 Å². The van der Waals surface area contributed by atoms with E-state index in [1.807, 2.05) is 39.1 Å². The van der Waals surface area contributed by atoms with Crippen molar-refractivity contribution in [3.05, 3.63) is 60.2 Å². The summed E-state index contributed by atoms with van der Waals surface area (Å²) in [6.45, 7) is 4.00. The molecule has 0 saturated heterocycles. The molecular formula is C18H23NOS. The summed E-state index contributed by atoms with van der Waals surface area (Å²) >= 11 is 0. The van der Waals surface area contributed by atoms with Gasteiger partial charge in [0.1, 0.15) is 0 Å². The van der Waals surface area contributed by atoms with E-state index in [9.17, 15) is 4.21 Å². The molecule has 2 rings (SSSR count). The van der Waals surface area contributed by atoms with Crippen molar-refractivity contribution in [3.8, 4) is 11.1 Å². The second-order valence-electron chi connectivity index (χ2n) is 5.43. The Bertz CT molecular complexity index is 578. The maximum absolute atomic E-state index is 12.0. The first-order chi connectivity index (χ1) is 10.1. The largest absolute Gasteiger partial charge is 0.312 e. The topological polar surface area (TPSA) is 29.1 Å². The molecule has 3 heteroatoms. The molecule has 0 aromatic heterocycles. The molecule has 0 fully saturated rings. The van der Waals surface area contributed by atoms with Crippen molar-refractivity contribution in [2.45, 2.75) is 25.1 Å². The van der Waals surface area contributed by atoms with Gasteiger partial charge in [-0.15, -0.1) is 0 Å². The van der Waals surface area contributed by atoms with Crippen LogP contribution in [0.3, 0.4) is 0 Å². The molecule has 0 aliphatic rings. The predicted molar refractivity (Wildman–Crippen MR) is 91.8 cm³/mol. The van der Waals surface area contributed by atoms with Gasteiger partial charge in [0, 0.05) is 27.8 Å². The lowest BCUT2D eigenvalue weighted by atomic mass is 10.0. The highest BCUT2D eigenvalue weighted by atomic mass is 32.2. The minimum atomic E-state index is -0.806. The van der Waals surface area contributed by atoms with Gasteiger partial charge < -0.3 is 5.32 Å². The Kier molecular flexibility index (Phi) is 5.71. The van der Waals surface area contributed by atoms with E-state index in [-0.39, 0.29) is 11.3 Å². The van der Waals surface area contributed by atoms with E-state index in [2.05, 4.69) is 41.7 Å². The lowest BCUT2D eigenvalue weighted by Gasteiger charge is -2.18. The quantitative estimate of drug-likeness (QED) is 0.880. The van der Waals surface area contributed by atoms with E-state index < -0.39 is 10.8 Å². The van der Waals surface area contributed by atoms with Crippen LogP contribution in [0.15, 0.2) is 54.6 Å².